The molecule has 1 aliphatic rings. The van der Waals surface area contributed by atoms with E-state index >= 15 is 0 Å². The molecule has 1 aliphatic heterocycles. The van der Waals surface area contributed by atoms with Crippen molar-refractivity contribution < 1.29 is 0 Å². The molecule has 0 amide bonds. The molecule has 0 aromatic carbocycles. The van der Waals surface area contributed by atoms with Gasteiger partial charge in [-0.2, -0.15) is 0 Å². The lowest BCUT2D eigenvalue weighted by molar-refractivity contribution is 0.395. The maximum absolute atomic E-state index is 4.27. The van der Waals surface area contributed by atoms with Crippen LogP contribution < -0.4 is 4.90 Å². The van der Waals surface area contributed by atoms with E-state index in [2.05, 4.69) is 49.8 Å². The lowest BCUT2D eigenvalue weighted by Gasteiger charge is -2.21. The summed E-state index contributed by atoms with van der Waals surface area (Å²) in [5.41, 5.74) is 0. The quantitative estimate of drug-likeness (QED) is 0.790. The minimum Gasteiger partial charge on any atom is -0.359 e. The van der Waals surface area contributed by atoms with Gasteiger partial charge in [-0.25, -0.2) is 9.97 Å². The zero-order valence-electron chi connectivity index (χ0n) is 9.73. The topological polar surface area (TPSA) is 32.3 Å². The summed E-state index contributed by atoms with van der Waals surface area (Å²) < 4.78 is 0.841. The Kier molecular flexibility index (Phi) is 3.76. The van der Waals surface area contributed by atoms with Crippen molar-refractivity contribution in [3.8, 4) is 0 Å². The maximum atomic E-state index is 4.27. The van der Waals surface area contributed by atoms with Crippen LogP contribution in [0.15, 0.2) is 17.0 Å². The number of likely N-dealkylation sites (tertiary alicyclic amines) is 1. The summed E-state index contributed by atoms with van der Waals surface area (Å²) in [4.78, 5) is 12.9. The minimum atomic E-state index is 0.753. The third-order valence-electron chi connectivity index (χ3n) is 3.03. The van der Waals surface area contributed by atoms with Crippen LogP contribution in [0.25, 0.3) is 0 Å². The SMILES string of the molecule is CN1CCC(CN(C)c2cc(Br)ncn2)C1. The summed E-state index contributed by atoms with van der Waals surface area (Å²) in [5.74, 6) is 1.74. The second-order valence-electron chi connectivity index (χ2n) is 4.50. The number of nitrogens with zero attached hydrogens (tertiary/aromatic N) is 4. The van der Waals surface area contributed by atoms with Crippen LogP contribution in [0.2, 0.25) is 0 Å². The van der Waals surface area contributed by atoms with E-state index in [1.807, 2.05) is 6.07 Å². The predicted octanol–water partition coefficient (Wildman–Crippen LogP) is 1.63. The zero-order valence-corrected chi connectivity index (χ0v) is 11.3. The average molecular weight is 285 g/mol. The first-order valence-electron chi connectivity index (χ1n) is 5.52. The van der Waals surface area contributed by atoms with Gasteiger partial charge in [-0.1, -0.05) is 0 Å². The first-order chi connectivity index (χ1) is 7.65. The van der Waals surface area contributed by atoms with Crippen LogP contribution in [0, 0.1) is 5.92 Å². The highest BCUT2D eigenvalue weighted by atomic mass is 79.9. The first-order valence-corrected chi connectivity index (χ1v) is 6.31. The van der Waals surface area contributed by atoms with E-state index in [-0.39, 0.29) is 0 Å². The van der Waals surface area contributed by atoms with E-state index in [1.54, 1.807) is 6.33 Å². The Morgan fingerprint density at radius 2 is 2.38 bits per heavy atom. The third kappa shape index (κ3) is 2.92. The molecule has 1 fully saturated rings. The molecule has 0 N–H and O–H groups in total. The van der Waals surface area contributed by atoms with Crippen LogP contribution in [0.5, 0.6) is 0 Å². The number of rotatable bonds is 3. The van der Waals surface area contributed by atoms with E-state index in [0.29, 0.717) is 0 Å². The largest absolute Gasteiger partial charge is 0.359 e. The van der Waals surface area contributed by atoms with Crippen LogP contribution in [-0.4, -0.2) is 48.6 Å². The van der Waals surface area contributed by atoms with Crippen LogP contribution >= 0.6 is 15.9 Å². The van der Waals surface area contributed by atoms with Crippen molar-refractivity contribution in [2.75, 3.05) is 38.6 Å². The van der Waals surface area contributed by atoms with E-state index in [0.717, 1.165) is 22.9 Å². The standard InChI is InChI=1S/C11H17BrN4/c1-15-4-3-9(6-15)7-16(2)11-5-10(12)13-8-14-11/h5,8-9H,3-4,6-7H2,1-2H3. The Hall–Kier alpha value is -0.680. The number of hydrogen-bond acceptors (Lipinski definition) is 4. The van der Waals surface area contributed by atoms with Gasteiger partial charge < -0.3 is 9.80 Å². The molecular weight excluding hydrogens is 268 g/mol. The van der Waals surface area contributed by atoms with Gasteiger partial charge in [0.05, 0.1) is 0 Å². The van der Waals surface area contributed by atoms with Gasteiger partial charge >= 0.3 is 0 Å². The second-order valence-corrected chi connectivity index (χ2v) is 5.31. The smallest absolute Gasteiger partial charge is 0.132 e. The van der Waals surface area contributed by atoms with Gasteiger partial charge in [0, 0.05) is 26.2 Å². The first kappa shape index (κ1) is 11.8. The number of aromatic nitrogens is 2. The fraction of sp³-hybridized carbons (Fsp3) is 0.636. The van der Waals surface area contributed by atoms with E-state index in [4.69, 9.17) is 0 Å². The van der Waals surface area contributed by atoms with Gasteiger partial charge in [0.15, 0.2) is 0 Å². The summed E-state index contributed by atoms with van der Waals surface area (Å²) in [5, 5.41) is 0. The van der Waals surface area contributed by atoms with E-state index < -0.39 is 0 Å². The van der Waals surface area contributed by atoms with E-state index in [9.17, 15) is 0 Å². The Bertz CT molecular complexity index is 358. The van der Waals surface area contributed by atoms with Crippen LogP contribution in [-0.2, 0) is 0 Å². The number of halogens is 1. The molecule has 1 atom stereocenters. The summed E-state index contributed by atoms with van der Waals surface area (Å²) in [6.45, 7) is 3.47. The fourth-order valence-electron chi connectivity index (χ4n) is 2.19. The monoisotopic (exact) mass is 284 g/mol. The van der Waals surface area contributed by atoms with Gasteiger partial charge in [-0.3, -0.25) is 0 Å². The highest BCUT2D eigenvalue weighted by Crippen LogP contribution is 2.19. The van der Waals surface area contributed by atoms with Crippen molar-refractivity contribution in [1.82, 2.24) is 14.9 Å². The van der Waals surface area contributed by atoms with Crippen molar-refractivity contribution in [3.05, 3.63) is 17.0 Å². The number of anilines is 1. The van der Waals surface area contributed by atoms with Crippen LogP contribution in [0.4, 0.5) is 5.82 Å². The van der Waals surface area contributed by atoms with Crippen LogP contribution in [0.3, 0.4) is 0 Å². The maximum Gasteiger partial charge on any atom is 0.132 e. The summed E-state index contributed by atoms with van der Waals surface area (Å²) in [6.07, 6.45) is 2.88. The van der Waals surface area contributed by atoms with Crippen LogP contribution in [0.1, 0.15) is 6.42 Å². The molecule has 1 saturated heterocycles. The van der Waals surface area contributed by atoms with Gasteiger partial charge in [0.2, 0.25) is 0 Å². The Labute approximate surface area is 105 Å². The highest BCUT2D eigenvalue weighted by Gasteiger charge is 2.21. The van der Waals surface area contributed by atoms with Crippen molar-refractivity contribution in [1.29, 1.82) is 0 Å². The molecule has 1 aromatic heterocycles. The molecule has 0 saturated carbocycles. The zero-order chi connectivity index (χ0) is 11.5. The molecule has 1 aromatic rings. The molecule has 0 bridgehead atoms. The molecule has 88 valence electrons. The molecule has 2 heterocycles. The molecule has 16 heavy (non-hydrogen) atoms. The Morgan fingerprint density at radius 3 is 3.00 bits per heavy atom. The van der Waals surface area contributed by atoms with Gasteiger partial charge in [-0.05, 0) is 41.9 Å². The summed E-state index contributed by atoms with van der Waals surface area (Å²) in [6, 6.07) is 1.96. The lowest BCUT2D eigenvalue weighted by Crippen LogP contribution is -2.27. The minimum absolute atomic E-state index is 0.753. The Balaban J connectivity index is 1.95. The fourth-order valence-corrected chi connectivity index (χ4v) is 2.49. The highest BCUT2D eigenvalue weighted by molar-refractivity contribution is 9.10. The van der Waals surface area contributed by atoms with Gasteiger partial charge in [-0.15, -0.1) is 0 Å². The number of hydrogen-bond donors (Lipinski definition) is 0. The molecule has 5 heteroatoms. The van der Waals surface area contributed by atoms with Crippen molar-refractivity contribution in [2.45, 2.75) is 6.42 Å². The predicted molar refractivity (Wildman–Crippen MR) is 68.6 cm³/mol. The van der Waals surface area contributed by atoms with Crippen molar-refractivity contribution in [2.24, 2.45) is 5.92 Å². The van der Waals surface area contributed by atoms with Gasteiger partial charge in [0.1, 0.15) is 16.7 Å². The van der Waals surface area contributed by atoms with Crippen molar-refractivity contribution in [3.63, 3.8) is 0 Å². The molecule has 0 aliphatic carbocycles. The third-order valence-corrected chi connectivity index (χ3v) is 3.47. The van der Waals surface area contributed by atoms with Gasteiger partial charge in [0.25, 0.3) is 0 Å². The summed E-state index contributed by atoms with van der Waals surface area (Å²) >= 11 is 3.37. The molecular formula is C11H17BrN4. The molecule has 4 nitrogen and oxygen atoms in total. The molecule has 0 radical (unpaired) electrons. The molecule has 0 spiro atoms. The second kappa shape index (κ2) is 5.10. The Morgan fingerprint density at radius 1 is 1.56 bits per heavy atom. The average Bonchev–Trinajstić information content (AvgIpc) is 2.64. The lowest BCUT2D eigenvalue weighted by atomic mass is 10.1. The molecule has 2 rings (SSSR count). The van der Waals surface area contributed by atoms with Crippen molar-refractivity contribution >= 4 is 21.7 Å². The van der Waals surface area contributed by atoms with E-state index in [1.165, 1.54) is 19.5 Å². The summed E-state index contributed by atoms with van der Waals surface area (Å²) in [7, 11) is 4.27. The normalized spacial score (nSPS) is 21.3. The molecule has 1 unspecified atom stereocenters.